The van der Waals surface area contributed by atoms with Gasteiger partial charge in [0.1, 0.15) is 17.5 Å². The Balaban J connectivity index is 1.22. The molecule has 1 fully saturated rings. The number of aromatic amines is 1. The van der Waals surface area contributed by atoms with Gasteiger partial charge in [-0.3, -0.25) is 4.90 Å². The fourth-order valence-corrected chi connectivity index (χ4v) is 3.57. The van der Waals surface area contributed by atoms with Crippen molar-refractivity contribution in [3.63, 3.8) is 0 Å². The summed E-state index contributed by atoms with van der Waals surface area (Å²) in [6.45, 7) is 5.93. The Morgan fingerprint density at radius 1 is 1.11 bits per heavy atom. The summed E-state index contributed by atoms with van der Waals surface area (Å²) < 4.78 is 5.71. The zero-order chi connectivity index (χ0) is 18.5. The molecule has 1 aliphatic rings. The predicted octanol–water partition coefficient (Wildman–Crippen LogP) is 3.03. The Hall–Kier alpha value is -3.04. The third kappa shape index (κ3) is 4.04. The van der Waals surface area contributed by atoms with E-state index >= 15 is 0 Å². The average molecular weight is 361 g/mol. The van der Waals surface area contributed by atoms with Gasteiger partial charge in [-0.1, -0.05) is 6.07 Å². The van der Waals surface area contributed by atoms with E-state index in [4.69, 9.17) is 10.00 Å². The van der Waals surface area contributed by atoms with E-state index in [1.54, 1.807) is 18.3 Å². The second-order valence-electron chi connectivity index (χ2n) is 6.74. The molecule has 138 valence electrons. The number of piperazine rings is 1. The fourth-order valence-electron chi connectivity index (χ4n) is 3.57. The molecule has 0 amide bonds. The van der Waals surface area contributed by atoms with Gasteiger partial charge in [0.15, 0.2) is 0 Å². The van der Waals surface area contributed by atoms with Crippen LogP contribution in [0, 0.1) is 11.3 Å². The normalized spacial score (nSPS) is 15.0. The van der Waals surface area contributed by atoms with E-state index in [0.29, 0.717) is 12.3 Å². The van der Waals surface area contributed by atoms with E-state index in [9.17, 15) is 0 Å². The Morgan fingerprint density at radius 2 is 2.00 bits per heavy atom. The van der Waals surface area contributed by atoms with E-state index in [-0.39, 0.29) is 0 Å². The Bertz CT molecular complexity index is 920. The van der Waals surface area contributed by atoms with E-state index in [1.807, 2.05) is 12.3 Å². The maximum absolute atomic E-state index is 8.76. The van der Waals surface area contributed by atoms with Crippen LogP contribution in [0.3, 0.4) is 0 Å². The van der Waals surface area contributed by atoms with E-state index < -0.39 is 0 Å². The molecule has 27 heavy (non-hydrogen) atoms. The summed E-state index contributed by atoms with van der Waals surface area (Å²) in [5.74, 6) is 0.721. The number of hydrogen-bond donors (Lipinski definition) is 1. The van der Waals surface area contributed by atoms with Crippen molar-refractivity contribution >= 4 is 16.6 Å². The van der Waals surface area contributed by atoms with Crippen molar-refractivity contribution in [2.75, 3.05) is 44.2 Å². The maximum Gasteiger partial charge on any atom is 0.140 e. The highest BCUT2D eigenvalue weighted by Crippen LogP contribution is 2.26. The van der Waals surface area contributed by atoms with Crippen molar-refractivity contribution in [3.8, 4) is 11.8 Å². The van der Waals surface area contributed by atoms with Gasteiger partial charge in [-0.2, -0.15) is 5.26 Å². The van der Waals surface area contributed by atoms with Crippen LogP contribution in [0.1, 0.15) is 12.1 Å². The molecule has 6 heteroatoms. The van der Waals surface area contributed by atoms with Gasteiger partial charge in [-0.15, -0.1) is 0 Å². The number of benzene rings is 1. The maximum atomic E-state index is 8.76. The van der Waals surface area contributed by atoms with Crippen LogP contribution in [-0.4, -0.2) is 54.2 Å². The fraction of sp³-hybridized carbons (Fsp3) is 0.333. The summed E-state index contributed by atoms with van der Waals surface area (Å²) in [4.78, 5) is 12.3. The average Bonchev–Trinajstić information content (AvgIpc) is 3.21. The quantitative estimate of drug-likeness (QED) is 0.684. The first-order chi connectivity index (χ1) is 13.3. The molecular formula is C21H23N5O. The highest BCUT2D eigenvalue weighted by molar-refractivity contribution is 5.92. The van der Waals surface area contributed by atoms with Gasteiger partial charge in [0.05, 0.1) is 12.8 Å². The third-order valence-electron chi connectivity index (χ3n) is 5.02. The number of nitrogens with zero attached hydrogens (tertiary/aromatic N) is 4. The summed E-state index contributed by atoms with van der Waals surface area (Å²) in [6, 6.07) is 14.1. The van der Waals surface area contributed by atoms with Crippen LogP contribution in [0.25, 0.3) is 10.9 Å². The lowest BCUT2D eigenvalue weighted by atomic mass is 10.1. The van der Waals surface area contributed by atoms with Gasteiger partial charge in [0.2, 0.25) is 0 Å². The molecule has 3 heterocycles. The third-order valence-corrected chi connectivity index (χ3v) is 5.02. The molecule has 6 nitrogen and oxygen atoms in total. The van der Waals surface area contributed by atoms with Crippen molar-refractivity contribution in [2.45, 2.75) is 6.42 Å². The molecule has 1 saturated heterocycles. The van der Waals surface area contributed by atoms with Crippen LogP contribution in [0.4, 0.5) is 5.69 Å². The van der Waals surface area contributed by atoms with Gasteiger partial charge in [-0.25, -0.2) is 4.98 Å². The Morgan fingerprint density at radius 3 is 2.78 bits per heavy atom. The number of nitrogens with one attached hydrogen (secondary N) is 1. The van der Waals surface area contributed by atoms with Crippen molar-refractivity contribution < 1.29 is 4.74 Å². The van der Waals surface area contributed by atoms with E-state index in [1.165, 1.54) is 16.6 Å². The van der Waals surface area contributed by atoms with Crippen molar-refractivity contribution in [2.24, 2.45) is 0 Å². The molecule has 0 atom stereocenters. The molecule has 3 aromatic rings. The van der Waals surface area contributed by atoms with E-state index in [2.05, 4.69) is 44.0 Å². The number of hydrogen-bond acceptors (Lipinski definition) is 5. The monoisotopic (exact) mass is 361 g/mol. The van der Waals surface area contributed by atoms with Gasteiger partial charge in [0, 0.05) is 55.5 Å². The minimum atomic E-state index is 0.413. The van der Waals surface area contributed by atoms with Crippen LogP contribution >= 0.6 is 0 Å². The molecule has 0 bridgehead atoms. The number of pyridine rings is 1. The zero-order valence-electron chi connectivity index (χ0n) is 15.3. The molecule has 1 aliphatic heterocycles. The number of anilines is 1. The second-order valence-corrected chi connectivity index (χ2v) is 6.74. The number of ether oxygens (including phenoxy) is 1. The lowest BCUT2D eigenvalue weighted by molar-refractivity contribution is 0.224. The van der Waals surface area contributed by atoms with Crippen molar-refractivity contribution in [1.29, 1.82) is 5.26 Å². The predicted molar refractivity (Wildman–Crippen MR) is 106 cm³/mol. The molecule has 0 spiro atoms. The lowest BCUT2D eigenvalue weighted by Gasteiger charge is -2.36. The highest BCUT2D eigenvalue weighted by atomic mass is 16.5. The summed E-state index contributed by atoms with van der Waals surface area (Å²) >= 11 is 0. The molecule has 0 radical (unpaired) electrons. The molecule has 2 aromatic heterocycles. The number of nitriles is 1. The molecular weight excluding hydrogens is 338 g/mol. The van der Waals surface area contributed by atoms with Gasteiger partial charge >= 0.3 is 0 Å². The van der Waals surface area contributed by atoms with Crippen molar-refractivity contribution in [3.05, 3.63) is 54.5 Å². The van der Waals surface area contributed by atoms with Crippen molar-refractivity contribution in [1.82, 2.24) is 14.9 Å². The SMILES string of the molecule is N#Cc1ccc(OCCCN2CCN(c3cccc4[nH]ccc34)CC2)cn1. The van der Waals surface area contributed by atoms with Gasteiger partial charge in [-0.05, 0) is 36.8 Å². The minimum absolute atomic E-state index is 0.413. The largest absolute Gasteiger partial charge is 0.492 e. The Kier molecular flexibility index (Phi) is 5.22. The number of fused-ring (bicyclic) bond motifs is 1. The molecule has 0 aliphatic carbocycles. The Labute approximate surface area is 159 Å². The molecule has 1 aromatic carbocycles. The lowest BCUT2D eigenvalue weighted by Crippen LogP contribution is -2.46. The van der Waals surface area contributed by atoms with Gasteiger partial charge in [0.25, 0.3) is 0 Å². The van der Waals surface area contributed by atoms with Crippen LogP contribution in [0.2, 0.25) is 0 Å². The second kappa shape index (κ2) is 8.11. The van der Waals surface area contributed by atoms with Crippen LogP contribution in [0.5, 0.6) is 5.75 Å². The first kappa shape index (κ1) is 17.4. The summed E-state index contributed by atoms with van der Waals surface area (Å²) in [7, 11) is 0. The standard InChI is InChI=1S/C21H23N5O/c22-15-17-5-6-18(16-24-17)27-14-2-9-25-10-12-26(13-11-25)21-4-1-3-20-19(21)7-8-23-20/h1,3-8,16,23H,2,9-14H2. The number of H-pyrrole nitrogens is 1. The number of rotatable bonds is 6. The molecule has 1 N–H and O–H groups in total. The molecule has 0 saturated carbocycles. The van der Waals surface area contributed by atoms with Crippen LogP contribution in [-0.2, 0) is 0 Å². The first-order valence-corrected chi connectivity index (χ1v) is 9.36. The summed E-state index contributed by atoms with van der Waals surface area (Å²) in [6.07, 6.45) is 4.60. The molecule has 0 unspecified atom stereocenters. The molecule has 4 rings (SSSR count). The summed E-state index contributed by atoms with van der Waals surface area (Å²) in [5.41, 5.74) is 2.94. The topological polar surface area (TPSA) is 68.2 Å². The smallest absolute Gasteiger partial charge is 0.140 e. The number of aromatic nitrogens is 2. The highest BCUT2D eigenvalue weighted by Gasteiger charge is 2.18. The summed E-state index contributed by atoms with van der Waals surface area (Å²) in [5, 5.41) is 10.1. The van der Waals surface area contributed by atoms with Crippen LogP contribution < -0.4 is 9.64 Å². The van der Waals surface area contributed by atoms with Gasteiger partial charge < -0.3 is 14.6 Å². The zero-order valence-corrected chi connectivity index (χ0v) is 15.3. The first-order valence-electron chi connectivity index (χ1n) is 9.36. The van der Waals surface area contributed by atoms with Crippen LogP contribution in [0.15, 0.2) is 48.8 Å². The van der Waals surface area contributed by atoms with E-state index in [0.717, 1.165) is 44.9 Å². The minimum Gasteiger partial charge on any atom is -0.492 e.